The van der Waals surface area contributed by atoms with Gasteiger partial charge in [-0.15, -0.1) is 0 Å². The second kappa shape index (κ2) is 5.77. The molecule has 84 valence electrons. The molecule has 0 radical (unpaired) electrons. The third kappa shape index (κ3) is 4.35. The Labute approximate surface area is 88.9 Å². The number of methoxy groups -OCH3 is 1. The number of carbonyl (C=O) groups is 1. The van der Waals surface area contributed by atoms with Gasteiger partial charge in [0.05, 0.1) is 12.9 Å². The molecule has 5 nitrogen and oxygen atoms in total. The zero-order valence-electron chi connectivity index (χ0n) is 8.68. The van der Waals surface area contributed by atoms with Gasteiger partial charge in [-0.1, -0.05) is 0 Å². The van der Waals surface area contributed by atoms with Crippen molar-refractivity contribution in [2.24, 2.45) is 5.92 Å². The van der Waals surface area contributed by atoms with Gasteiger partial charge in [-0.2, -0.15) is 0 Å². The van der Waals surface area contributed by atoms with Crippen molar-refractivity contribution in [3.63, 3.8) is 0 Å². The van der Waals surface area contributed by atoms with Crippen molar-refractivity contribution in [2.45, 2.75) is 25.7 Å². The Balaban J connectivity index is 2.34. The monoisotopic (exact) mass is 214 g/mol. The van der Waals surface area contributed by atoms with E-state index in [1.807, 2.05) is 0 Å². The van der Waals surface area contributed by atoms with Crippen LogP contribution in [0.25, 0.3) is 0 Å². The summed E-state index contributed by atoms with van der Waals surface area (Å²) in [5.74, 6) is 0.631. The molecule has 0 fully saturated rings. The molecule has 0 aromatic rings. The Kier molecular flexibility index (Phi) is 4.64. The molecule has 0 bridgehead atoms. The topological polar surface area (TPSA) is 76.0 Å². The fourth-order valence-electron chi connectivity index (χ4n) is 1.61. The van der Waals surface area contributed by atoms with Gasteiger partial charge in [0, 0.05) is 12.8 Å². The summed E-state index contributed by atoms with van der Waals surface area (Å²) in [7, 11) is -0.383. The van der Waals surface area contributed by atoms with Crippen LogP contribution in [0, 0.1) is 5.92 Å². The van der Waals surface area contributed by atoms with Crippen molar-refractivity contribution in [1.29, 1.82) is 0 Å². The molecule has 1 rings (SSSR count). The van der Waals surface area contributed by atoms with E-state index < -0.39 is 7.32 Å². The molecule has 0 amide bonds. The molecule has 15 heavy (non-hydrogen) atoms. The lowest BCUT2D eigenvalue weighted by atomic mass is 9.90. The number of hydrogen-bond acceptors (Lipinski definition) is 5. The molecule has 0 saturated heterocycles. The van der Waals surface area contributed by atoms with Gasteiger partial charge in [0.2, 0.25) is 0 Å². The normalized spacial score (nSPS) is 20.5. The standard InChI is InChI=1S/C9H15BO5/c1-14-9(11)6-7-2-4-8(5-3-7)15-10(12)13/h4,7,12-13H,2-3,5-6H2,1H3. The predicted molar refractivity (Wildman–Crippen MR) is 53.3 cm³/mol. The first-order valence-electron chi connectivity index (χ1n) is 4.90. The molecule has 0 spiro atoms. The molecule has 1 atom stereocenters. The van der Waals surface area contributed by atoms with Gasteiger partial charge in [0.25, 0.3) is 0 Å². The summed E-state index contributed by atoms with van der Waals surface area (Å²) in [4.78, 5) is 11.0. The van der Waals surface area contributed by atoms with E-state index in [9.17, 15) is 4.79 Å². The Hall–Kier alpha value is -1.01. The highest BCUT2D eigenvalue weighted by atomic mass is 16.6. The fraction of sp³-hybridized carbons (Fsp3) is 0.667. The van der Waals surface area contributed by atoms with Crippen molar-refractivity contribution < 1.29 is 24.2 Å². The molecule has 1 unspecified atom stereocenters. The number of esters is 1. The van der Waals surface area contributed by atoms with E-state index in [-0.39, 0.29) is 11.9 Å². The Morgan fingerprint density at radius 1 is 1.67 bits per heavy atom. The average Bonchev–Trinajstić information content (AvgIpc) is 2.20. The SMILES string of the molecule is COC(=O)CC1CC=C(OB(O)O)CC1. The smallest absolute Gasteiger partial charge is 0.516 e. The summed E-state index contributed by atoms with van der Waals surface area (Å²) < 4.78 is 9.30. The lowest BCUT2D eigenvalue weighted by molar-refractivity contribution is -0.141. The van der Waals surface area contributed by atoms with Crippen LogP contribution in [-0.4, -0.2) is 30.4 Å². The number of rotatable bonds is 4. The molecule has 1 aliphatic rings. The predicted octanol–water partition coefficient (Wildman–Crippen LogP) is 0.220. The highest BCUT2D eigenvalue weighted by Crippen LogP contribution is 2.26. The van der Waals surface area contributed by atoms with Crippen LogP contribution in [0.15, 0.2) is 11.8 Å². The van der Waals surface area contributed by atoms with Gasteiger partial charge in [0.15, 0.2) is 0 Å². The molecule has 0 saturated carbocycles. The third-order valence-electron chi connectivity index (χ3n) is 2.42. The lowest BCUT2D eigenvalue weighted by Gasteiger charge is -2.21. The minimum absolute atomic E-state index is 0.208. The van der Waals surface area contributed by atoms with Crippen LogP contribution in [0.1, 0.15) is 25.7 Å². The van der Waals surface area contributed by atoms with E-state index in [2.05, 4.69) is 4.74 Å². The average molecular weight is 214 g/mol. The van der Waals surface area contributed by atoms with Crippen LogP contribution in [0.3, 0.4) is 0 Å². The zero-order chi connectivity index (χ0) is 11.3. The van der Waals surface area contributed by atoms with Crippen molar-refractivity contribution in [3.8, 4) is 0 Å². The summed E-state index contributed by atoms with van der Waals surface area (Å²) in [5.41, 5.74) is 0. The van der Waals surface area contributed by atoms with Gasteiger partial charge in [-0.25, -0.2) is 0 Å². The lowest BCUT2D eigenvalue weighted by Crippen LogP contribution is -2.19. The van der Waals surface area contributed by atoms with E-state index in [0.717, 1.165) is 6.42 Å². The van der Waals surface area contributed by atoms with Gasteiger partial charge in [-0.05, 0) is 24.8 Å². The maximum atomic E-state index is 11.0. The second-order valence-electron chi connectivity index (χ2n) is 3.54. The number of carbonyl (C=O) groups excluding carboxylic acids is 1. The molecule has 1 aliphatic carbocycles. The van der Waals surface area contributed by atoms with Crippen LogP contribution in [-0.2, 0) is 14.2 Å². The van der Waals surface area contributed by atoms with Crippen LogP contribution in [0.5, 0.6) is 0 Å². The summed E-state index contributed by atoms with van der Waals surface area (Å²) in [6.07, 6.45) is 4.32. The third-order valence-corrected chi connectivity index (χ3v) is 2.42. The molecule has 6 heteroatoms. The van der Waals surface area contributed by atoms with Crippen molar-refractivity contribution in [3.05, 3.63) is 11.8 Å². The van der Waals surface area contributed by atoms with Crippen molar-refractivity contribution in [2.75, 3.05) is 7.11 Å². The summed E-state index contributed by atoms with van der Waals surface area (Å²) in [5, 5.41) is 17.1. The van der Waals surface area contributed by atoms with E-state index in [1.165, 1.54) is 7.11 Å². The molecule has 0 heterocycles. The Morgan fingerprint density at radius 3 is 2.87 bits per heavy atom. The van der Waals surface area contributed by atoms with Gasteiger partial charge >= 0.3 is 13.3 Å². The largest absolute Gasteiger partial charge is 0.707 e. The summed E-state index contributed by atoms with van der Waals surface area (Å²) in [6.45, 7) is 0. The molecular formula is C9H15BO5. The van der Waals surface area contributed by atoms with E-state index in [1.54, 1.807) is 6.08 Å². The van der Waals surface area contributed by atoms with Crippen LogP contribution >= 0.6 is 0 Å². The summed E-state index contributed by atoms with van der Waals surface area (Å²) in [6, 6.07) is 0. The Bertz CT molecular complexity index is 251. The minimum Gasteiger partial charge on any atom is -0.516 e. The van der Waals surface area contributed by atoms with Crippen molar-refractivity contribution >= 4 is 13.3 Å². The van der Waals surface area contributed by atoms with Gasteiger partial charge in [-0.3, -0.25) is 4.79 Å². The van der Waals surface area contributed by atoms with Gasteiger partial charge < -0.3 is 19.4 Å². The molecule has 0 aromatic heterocycles. The minimum atomic E-state index is -1.76. The molecule has 0 aromatic carbocycles. The fourth-order valence-corrected chi connectivity index (χ4v) is 1.61. The van der Waals surface area contributed by atoms with Crippen LogP contribution in [0.2, 0.25) is 0 Å². The maximum Gasteiger partial charge on any atom is 0.707 e. The molecular weight excluding hydrogens is 199 g/mol. The first-order chi connectivity index (χ1) is 7.11. The first kappa shape index (κ1) is 12.1. The number of allylic oxidation sites excluding steroid dienone is 2. The molecule has 0 aliphatic heterocycles. The van der Waals surface area contributed by atoms with E-state index >= 15 is 0 Å². The molecule has 2 N–H and O–H groups in total. The number of hydrogen-bond donors (Lipinski definition) is 2. The quantitative estimate of drug-likeness (QED) is 0.517. The van der Waals surface area contributed by atoms with Crippen LogP contribution in [0.4, 0.5) is 0 Å². The highest BCUT2D eigenvalue weighted by Gasteiger charge is 2.21. The van der Waals surface area contributed by atoms with E-state index in [0.29, 0.717) is 25.0 Å². The maximum absolute atomic E-state index is 11.0. The van der Waals surface area contributed by atoms with Crippen molar-refractivity contribution in [1.82, 2.24) is 0 Å². The number of ether oxygens (including phenoxy) is 1. The summed E-state index contributed by atoms with van der Waals surface area (Å²) >= 11 is 0. The highest BCUT2D eigenvalue weighted by molar-refractivity contribution is 6.33. The van der Waals surface area contributed by atoms with Gasteiger partial charge in [0.1, 0.15) is 0 Å². The van der Waals surface area contributed by atoms with E-state index in [4.69, 9.17) is 14.7 Å². The van der Waals surface area contributed by atoms with Crippen LogP contribution < -0.4 is 0 Å². The first-order valence-corrected chi connectivity index (χ1v) is 4.90. The zero-order valence-corrected chi connectivity index (χ0v) is 8.68. The second-order valence-corrected chi connectivity index (χ2v) is 3.54. The Morgan fingerprint density at radius 2 is 2.40 bits per heavy atom.